The quantitative estimate of drug-likeness (QED) is 0.538. The topological polar surface area (TPSA) is 104 Å². The van der Waals surface area contributed by atoms with Gasteiger partial charge in [0.15, 0.2) is 0 Å². The van der Waals surface area contributed by atoms with Crippen molar-refractivity contribution in [2.75, 3.05) is 0 Å². The molecule has 0 aromatic carbocycles. The highest BCUT2D eigenvalue weighted by Gasteiger charge is 2.69. The number of carboxylic acid groups (broad SMARTS) is 1. The van der Waals surface area contributed by atoms with E-state index in [4.69, 9.17) is 0 Å². The number of hydrogen-bond acceptors (Lipinski definition) is 5. The molecule has 0 aliphatic heterocycles. The van der Waals surface area contributed by atoms with Gasteiger partial charge in [0.05, 0.1) is 0 Å². The molecular formula is C6H4F11NO5. The van der Waals surface area contributed by atoms with Crippen LogP contribution in [0.3, 0.4) is 0 Å². The molecular weight excluding hydrogens is 375 g/mol. The molecule has 0 heterocycles. The number of carboxylic acids is 1. The van der Waals surface area contributed by atoms with E-state index in [2.05, 4.69) is 0 Å². The molecule has 0 atom stereocenters. The van der Waals surface area contributed by atoms with Crippen LogP contribution in [0.4, 0.5) is 48.3 Å². The highest BCUT2D eigenvalue weighted by Crippen LogP contribution is 2.44. The Morgan fingerprint density at radius 2 is 1.04 bits per heavy atom. The Bertz CT molecular complexity index is 422. The van der Waals surface area contributed by atoms with E-state index < -0.39 is 37.0 Å². The number of rotatable bonds is 7. The van der Waals surface area contributed by atoms with Gasteiger partial charge in [-0.1, -0.05) is 0 Å². The third-order valence-electron chi connectivity index (χ3n) is 1.31. The average molecular weight is 379 g/mol. The summed E-state index contributed by atoms with van der Waals surface area (Å²) in [5.41, 5.74) is 0. The van der Waals surface area contributed by atoms with Gasteiger partial charge in [0, 0.05) is 0 Å². The molecule has 6 nitrogen and oxygen atoms in total. The molecule has 0 spiro atoms. The summed E-state index contributed by atoms with van der Waals surface area (Å²) < 4.78 is 138. The first kappa shape index (κ1) is 23.8. The highest BCUT2D eigenvalue weighted by molar-refractivity contribution is 5.71. The highest BCUT2D eigenvalue weighted by atomic mass is 19.4. The standard InChI is InChI=1S/C6HF11O5.H3N/c7-2(8,1(18)19)20-3(9,10)4(11,12)21-6(16,17)22-5(13,14)15;/h(H,18,19);1H3. The van der Waals surface area contributed by atoms with Gasteiger partial charge in [-0.25, -0.2) is 9.47 Å². The van der Waals surface area contributed by atoms with Crippen LogP contribution >= 0.6 is 0 Å². The maximum atomic E-state index is 12.5. The SMILES string of the molecule is O=C([O-])C(F)(F)OC(F)(F)C(F)(F)OC(F)(F)OC(F)(F)F.[NH4+]. The zero-order chi connectivity index (χ0) is 18.2. The van der Waals surface area contributed by atoms with E-state index in [0.29, 0.717) is 0 Å². The number of quaternary nitrogens is 1. The normalized spacial score (nSPS) is 14.4. The van der Waals surface area contributed by atoms with E-state index in [0.717, 1.165) is 0 Å². The van der Waals surface area contributed by atoms with Gasteiger partial charge in [-0.3, -0.25) is 0 Å². The molecule has 140 valence electrons. The minimum atomic E-state index is -6.86. The lowest BCUT2D eigenvalue weighted by atomic mass is 10.5. The number of hydrogen-bond donors (Lipinski definition) is 1. The molecule has 0 aromatic heterocycles. The summed E-state index contributed by atoms with van der Waals surface area (Å²) in [5, 5.41) is 9.57. The lowest BCUT2D eigenvalue weighted by molar-refractivity contribution is -0.574. The Labute approximate surface area is 117 Å². The second-order valence-corrected chi connectivity index (χ2v) is 3.05. The number of carbonyl (C=O) groups excluding carboxylic acids is 1. The van der Waals surface area contributed by atoms with Gasteiger partial charge >= 0.3 is 31.0 Å². The third kappa shape index (κ3) is 7.10. The third-order valence-corrected chi connectivity index (χ3v) is 1.31. The van der Waals surface area contributed by atoms with E-state index >= 15 is 0 Å². The Balaban J connectivity index is 0. The number of carbonyl (C=O) groups is 1. The molecule has 23 heavy (non-hydrogen) atoms. The van der Waals surface area contributed by atoms with Gasteiger partial charge in [-0.15, -0.1) is 22.0 Å². The Kier molecular flexibility index (Phi) is 6.80. The number of aliphatic carboxylic acids is 1. The van der Waals surface area contributed by atoms with E-state index in [9.17, 15) is 58.2 Å². The minimum Gasteiger partial charge on any atom is -0.542 e. The summed E-state index contributed by atoms with van der Waals surface area (Å²) in [7, 11) is 0. The van der Waals surface area contributed by atoms with Gasteiger partial charge < -0.3 is 16.1 Å². The fourth-order valence-corrected chi connectivity index (χ4v) is 0.626. The van der Waals surface area contributed by atoms with Crippen LogP contribution < -0.4 is 11.3 Å². The largest absolute Gasteiger partial charge is 0.542 e. The smallest absolute Gasteiger partial charge is 0.529 e. The van der Waals surface area contributed by atoms with Crippen LogP contribution in [0, 0.1) is 0 Å². The zero-order valence-electron chi connectivity index (χ0n) is 10.2. The molecule has 0 bridgehead atoms. The average Bonchev–Trinajstić information content (AvgIpc) is 2.07. The molecule has 0 saturated carbocycles. The molecule has 17 heteroatoms. The van der Waals surface area contributed by atoms with Crippen molar-refractivity contribution in [1.82, 2.24) is 6.15 Å². The molecule has 0 aliphatic rings. The van der Waals surface area contributed by atoms with Crippen molar-refractivity contribution >= 4 is 5.97 Å². The predicted octanol–water partition coefficient (Wildman–Crippen LogP) is 2.01. The van der Waals surface area contributed by atoms with Crippen LogP contribution in [-0.2, 0) is 19.0 Å². The van der Waals surface area contributed by atoms with E-state index in [1.165, 1.54) is 0 Å². The summed E-state index contributed by atoms with van der Waals surface area (Å²) in [6.45, 7) is 0. The van der Waals surface area contributed by atoms with Crippen molar-refractivity contribution in [3.05, 3.63) is 0 Å². The number of alkyl halides is 11. The summed E-state index contributed by atoms with van der Waals surface area (Å²) in [5.74, 6) is -3.78. The van der Waals surface area contributed by atoms with Crippen molar-refractivity contribution in [2.24, 2.45) is 0 Å². The van der Waals surface area contributed by atoms with Crippen molar-refractivity contribution < 1.29 is 72.4 Å². The molecule has 0 aliphatic carbocycles. The molecule has 0 fully saturated rings. The summed E-state index contributed by atoms with van der Waals surface area (Å²) in [4.78, 5) is 9.57. The second-order valence-electron chi connectivity index (χ2n) is 3.05. The Hall–Kier alpha value is -1.46. The van der Waals surface area contributed by atoms with Gasteiger partial charge in [-0.2, -0.15) is 31.1 Å². The van der Waals surface area contributed by atoms with Gasteiger partial charge in [-0.05, 0) is 0 Å². The van der Waals surface area contributed by atoms with Crippen molar-refractivity contribution in [3.63, 3.8) is 0 Å². The molecule has 0 amide bonds. The summed E-state index contributed by atoms with van der Waals surface area (Å²) in [6, 6.07) is 0. The summed E-state index contributed by atoms with van der Waals surface area (Å²) in [6.07, 6.45) is -32.6. The maximum Gasteiger partial charge on any atom is 0.529 e. The Morgan fingerprint density at radius 1 is 0.696 bits per heavy atom. The van der Waals surface area contributed by atoms with Gasteiger partial charge in [0.25, 0.3) is 0 Å². The fourth-order valence-electron chi connectivity index (χ4n) is 0.626. The van der Waals surface area contributed by atoms with Crippen LogP contribution in [0.15, 0.2) is 0 Å². The monoisotopic (exact) mass is 379 g/mol. The molecule has 0 radical (unpaired) electrons. The van der Waals surface area contributed by atoms with Crippen LogP contribution in [-0.4, -0.2) is 37.0 Å². The maximum absolute atomic E-state index is 12.5. The Morgan fingerprint density at radius 3 is 1.35 bits per heavy atom. The molecule has 0 aromatic rings. The van der Waals surface area contributed by atoms with Gasteiger partial charge in [0.1, 0.15) is 5.97 Å². The predicted molar refractivity (Wildman–Crippen MR) is 40.1 cm³/mol. The summed E-state index contributed by atoms with van der Waals surface area (Å²) >= 11 is 0. The van der Waals surface area contributed by atoms with Crippen molar-refractivity contribution in [1.29, 1.82) is 0 Å². The zero-order valence-corrected chi connectivity index (χ0v) is 10.2. The fraction of sp³-hybridized carbons (Fsp3) is 0.833. The van der Waals surface area contributed by atoms with E-state index in [-0.39, 0.29) is 6.15 Å². The van der Waals surface area contributed by atoms with Crippen LogP contribution in [0.2, 0.25) is 0 Å². The van der Waals surface area contributed by atoms with Crippen molar-refractivity contribution in [3.8, 4) is 0 Å². The molecule has 0 rings (SSSR count). The second kappa shape index (κ2) is 6.57. The molecule has 0 saturated heterocycles. The lowest BCUT2D eigenvalue weighted by Crippen LogP contribution is -2.56. The number of halogens is 11. The molecule has 4 N–H and O–H groups in total. The van der Waals surface area contributed by atoms with Crippen LogP contribution in [0.25, 0.3) is 0 Å². The number of ether oxygens (including phenoxy) is 3. The van der Waals surface area contributed by atoms with Gasteiger partial charge in [0.2, 0.25) is 0 Å². The first-order valence-corrected chi connectivity index (χ1v) is 4.21. The first-order valence-electron chi connectivity index (χ1n) is 4.21. The first-order chi connectivity index (χ1) is 9.31. The van der Waals surface area contributed by atoms with Crippen molar-refractivity contribution in [2.45, 2.75) is 31.0 Å². The van der Waals surface area contributed by atoms with Crippen LogP contribution in [0.5, 0.6) is 0 Å². The van der Waals surface area contributed by atoms with Crippen LogP contribution in [0.1, 0.15) is 0 Å². The van der Waals surface area contributed by atoms with E-state index in [1.807, 2.05) is 0 Å². The van der Waals surface area contributed by atoms with E-state index in [1.54, 1.807) is 14.2 Å². The molecule has 0 unspecified atom stereocenters. The lowest BCUT2D eigenvalue weighted by Gasteiger charge is -2.31. The minimum absolute atomic E-state index is 0.